The van der Waals surface area contributed by atoms with Gasteiger partial charge in [0.05, 0.1) is 12.1 Å². The maximum absolute atomic E-state index is 10.7. The van der Waals surface area contributed by atoms with Crippen molar-refractivity contribution in [1.29, 1.82) is 0 Å². The lowest BCUT2D eigenvalue weighted by Crippen LogP contribution is -2.04. The van der Waals surface area contributed by atoms with Crippen LogP contribution in [0.5, 0.6) is 11.5 Å². The van der Waals surface area contributed by atoms with Gasteiger partial charge in [-0.25, -0.2) is 0 Å². The van der Waals surface area contributed by atoms with Gasteiger partial charge in [-0.1, -0.05) is 53.7 Å². The first-order valence-corrected chi connectivity index (χ1v) is 12.5. The van der Waals surface area contributed by atoms with Crippen LogP contribution < -0.4 is 0 Å². The maximum Gasteiger partial charge on any atom is 0.127 e. The lowest BCUT2D eigenvalue weighted by atomic mass is 9.95. The molecule has 1 aliphatic carbocycles. The maximum atomic E-state index is 10.7. The van der Waals surface area contributed by atoms with Gasteiger partial charge in [0.25, 0.3) is 0 Å². The van der Waals surface area contributed by atoms with Gasteiger partial charge in [0, 0.05) is 23.6 Å². The van der Waals surface area contributed by atoms with Crippen molar-refractivity contribution in [1.82, 2.24) is 0 Å². The van der Waals surface area contributed by atoms with Crippen LogP contribution in [0.4, 0.5) is 0 Å². The van der Waals surface area contributed by atoms with Crippen LogP contribution in [0, 0.1) is 0 Å². The molecule has 0 amide bonds. The Morgan fingerprint density at radius 3 is 1.48 bits per heavy atom. The highest BCUT2D eigenvalue weighted by atomic mass is 16.3. The fraction of sp³-hybridized carbons (Fsp3) is 0.517. The second-order valence-electron chi connectivity index (χ2n) is 9.94. The highest BCUT2D eigenvalue weighted by molar-refractivity contribution is 5.85. The summed E-state index contributed by atoms with van der Waals surface area (Å²) in [7, 11) is 0. The number of phenols is 2. The number of aryl methyl sites for hydroxylation is 2. The minimum Gasteiger partial charge on any atom is -0.507 e. The minimum absolute atomic E-state index is 0.209. The third kappa shape index (κ3) is 6.04. The van der Waals surface area contributed by atoms with Gasteiger partial charge in [-0.05, 0) is 78.3 Å². The van der Waals surface area contributed by atoms with E-state index in [4.69, 9.17) is 9.98 Å². The molecule has 2 N–H and O–H groups in total. The molecule has 2 aromatic carbocycles. The molecule has 1 aliphatic rings. The molecule has 0 bridgehead atoms. The zero-order valence-corrected chi connectivity index (χ0v) is 21.1. The van der Waals surface area contributed by atoms with Crippen molar-refractivity contribution in [2.75, 3.05) is 0 Å². The second kappa shape index (κ2) is 11.0. The molecule has 2 aromatic rings. The molecule has 4 heteroatoms. The molecule has 0 heterocycles. The number of phenolic OH excluding ortho intramolecular Hbond substituents is 2. The van der Waals surface area contributed by atoms with Gasteiger partial charge >= 0.3 is 0 Å². The van der Waals surface area contributed by atoms with Crippen LogP contribution in [0.15, 0.2) is 34.3 Å². The normalized spacial score (nSPS) is 19.0. The quantitative estimate of drug-likeness (QED) is 0.430. The lowest BCUT2D eigenvalue weighted by Gasteiger charge is -2.13. The minimum atomic E-state index is 0.209. The van der Waals surface area contributed by atoms with Crippen LogP contribution in [0.25, 0.3) is 0 Å². The summed E-state index contributed by atoms with van der Waals surface area (Å²) < 4.78 is 0. The Labute approximate surface area is 199 Å². The van der Waals surface area contributed by atoms with E-state index in [0.717, 1.165) is 54.4 Å². The van der Waals surface area contributed by atoms with Crippen LogP contribution in [-0.2, 0) is 12.8 Å². The van der Waals surface area contributed by atoms with E-state index >= 15 is 0 Å². The molecule has 33 heavy (non-hydrogen) atoms. The number of nitrogens with zero attached hydrogens (tertiary/aromatic N) is 2. The third-order valence-corrected chi connectivity index (χ3v) is 6.74. The second-order valence-corrected chi connectivity index (χ2v) is 9.94. The van der Waals surface area contributed by atoms with Crippen molar-refractivity contribution in [2.24, 2.45) is 9.98 Å². The van der Waals surface area contributed by atoms with E-state index in [1.54, 1.807) is 0 Å². The Morgan fingerprint density at radius 1 is 0.758 bits per heavy atom. The lowest BCUT2D eigenvalue weighted by molar-refractivity contribution is 0.463. The summed E-state index contributed by atoms with van der Waals surface area (Å²) in [6.07, 6.45) is 8.44. The van der Waals surface area contributed by atoms with Crippen LogP contribution in [0.2, 0.25) is 0 Å². The molecule has 0 saturated heterocycles. The van der Waals surface area contributed by atoms with E-state index in [2.05, 4.69) is 53.7 Å². The zero-order chi connectivity index (χ0) is 24.1. The van der Waals surface area contributed by atoms with Gasteiger partial charge in [0.15, 0.2) is 0 Å². The van der Waals surface area contributed by atoms with Crippen molar-refractivity contribution >= 4 is 12.4 Å². The molecule has 0 aromatic heterocycles. The predicted octanol–water partition coefficient (Wildman–Crippen LogP) is 6.93. The van der Waals surface area contributed by atoms with Crippen LogP contribution in [0.1, 0.15) is 106 Å². The molecule has 2 atom stereocenters. The van der Waals surface area contributed by atoms with Crippen molar-refractivity contribution in [3.05, 3.63) is 57.6 Å². The first-order valence-electron chi connectivity index (χ1n) is 12.5. The molecule has 178 valence electrons. The molecule has 2 unspecified atom stereocenters. The Kier molecular flexibility index (Phi) is 8.34. The fourth-order valence-corrected chi connectivity index (χ4v) is 4.55. The number of rotatable bonds is 8. The van der Waals surface area contributed by atoms with Gasteiger partial charge in [-0.15, -0.1) is 0 Å². The van der Waals surface area contributed by atoms with Crippen molar-refractivity contribution in [3.8, 4) is 11.5 Å². The van der Waals surface area contributed by atoms with Gasteiger partial charge in [-0.3, -0.25) is 9.98 Å². The zero-order valence-electron chi connectivity index (χ0n) is 21.1. The molecule has 1 saturated carbocycles. The van der Waals surface area contributed by atoms with Crippen LogP contribution >= 0.6 is 0 Å². The molecular weight excluding hydrogens is 408 g/mol. The summed E-state index contributed by atoms with van der Waals surface area (Å²) in [5.74, 6) is 1.25. The Hall–Kier alpha value is -2.62. The van der Waals surface area contributed by atoms with Gasteiger partial charge in [0.1, 0.15) is 11.5 Å². The fourth-order valence-electron chi connectivity index (χ4n) is 4.55. The molecule has 0 radical (unpaired) electrons. The third-order valence-electron chi connectivity index (χ3n) is 6.74. The monoisotopic (exact) mass is 448 g/mol. The van der Waals surface area contributed by atoms with Crippen molar-refractivity contribution in [3.63, 3.8) is 0 Å². The van der Waals surface area contributed by atoms with E-state index in [1.807, 2.05) is 24.6 Å². The first-order chi connectivity index (χ1) is 15.7. The van der Waals surface area contributed by atoms with E-state index in [9.17, 15) is 10.2 Å². The number of benzene rings is 2. The van der Waals surface area contributed by atoms with E-state index in [0.29, 0.717) is 11.5 Å². The molecule has 4 nitrogen and oxygen atoms in total. The summed E-state index contributed by atoms with van der Waals surface area (Å²) in [4.78, 5) is 9.62. The van der Waals surface area contributed by atoms with Gasteiger partial charge in [0.2, 0.25) is 0 Å². The van der Waals surface area contributed by atoms with Crippen LogP contribution in [0.3, 0.4) is 0 Å². The predicted molar refractivity (Wildman–Crippen MR) is 140 cm³/mol. The smallest absolute Gasteiger partial charge is 0.127 e. The Morgan fingerprint density at radius 2 is 1.15 bits per heavy atom. The summed E-state index contributed by atoms with van der Waals surface area (Å²) in [6.45, 7) is 12.7. The van der Waals surface area contributed by atoms with E-state index in [-0.39, 0.29) is 23.9 Å². The summed E-state index contributed by atoms with van der Waals surface area (Å²) in [5.41, 5.74) is 6.04. The van der Waals surface area contributed by atoms with E-state index in [1.165, 1.54) is 11.1 Å². The SMILES string of the molecule is CCc1cc(C=NC2CCC(N=Cc3cc(CC)cc(C(C)C)c3O)C2)c(O)c(C(C)C)c1. The number of hydrogen-bond acceptors (Lipinski definition) is 4. The highest BCUT2D eigenvalue weighted by Gasteiger charge is 2.23. The number of aromatic hydroxyl groups is 2. The molecule has 0 spiro atoms. The Balaban J connectivity index is 1.72. The Bertz CT molecular complexity index is 939. The number of hydrogen-bond donors (Lipinski definition) is 2. The summed E-state index contributed by atoms with van der Waals surface area (Å²) >= 11 is 0. The molecular formula is C29H40N2O2. The van der Waals surface area contributed by atoms with E-state index < -0.39 is 0 Å². The van der Waals surface area contributed by atoms with Crippen LogP contribution in [-0.4, -0.2) is 34.7 Å². The first kappa shape index (κ1) is 25.0. The average molecular weight is 449 g/mol. The average Bonchev–Trinajstić information content (AvgIpc) is 3.25. The largest absolute Gasteiger partial charge is 0.507 e. The summed E-state index contributed by atoms with van der Waals surface area (Å²) in [5, 5.41) is 21.4. The molecule has 1 fully saturated rings. The molecule has 3 rings (SSSR count). The topological polar surface area (TPSA) is 65.2 Å². The molecule has 0 aliphatic heterocycles. The highest BCUT2D eigenvalue weighted by Crippen LogP contribution is 2.32. The van der Waals surface area contributed by atoms with Crippen molar-refractivity contribution < 1.29 is 10.2 Å². The van der Waals surface area contributed by atoms with Gasteiger partial charge in [-0.2, -0.15) is 0 Å². The van der Waals surface area contributed by atoms with Crippen molar-refractivity contribution in [2.45, 2.75) is 97.6 Å². The summed E-state index contributed by atoms with van der Waals surface area (Å²) in [6, 6.07) is 8.72. The standard InChI is InChI=1S/C29H40N2O2/c1-7-20-11-22(28(32)26(13-20)18(3)4)16-30-24-9-10-25(15-24)31-17-23-12-21(8-2)14-27(19(5)6)29(23)33/h11-14,16-19,24-25,32-33H,7-10,15H2,1-6H3. The number of aliphatic imine (C=N–C) groups is 2. The van der Waals surface area contributed by atoms with Gasteiger partial charge < -0.3 is 10.2 Å².